The standard InChI is InChI=1S/C19H23N3O3/c1-11(2)19(5,10-20)22-17(23)9-25-18(24)16-8-14-13(4)6-12(3)7-15(14)21-16/h6-8,11,21H,9H2,1-5H3,(H,22,23)/t19-/m1/s1. The predicted molar refractivity (Wildman–Crippen MR) is 95.1 cm³/mol. The molecule has 2 N–H and O–H groups in total. The number of carbonyl (C=O) groups is 2. The number of nitrogens with zero attached hydrogens (tertiary/aromatic N) is 1. The van der Waals surface area contributed by atoms with Crippen LogP contribution in [-0.4, -0.2) is 29.0 Å². The summed E-state index contributed by atoms with van der Waals surface area (Å²) in [6, 6.07) is 7.79. The summed E-state index contributed by atoms with van der Waals surface area (Å²) >= 11 is 0. The molecule has 0 saturated heterocycles. The van der Waals surface area contributed by atoms with Gasteiger partial charge in [0, 0.05) is 10.9 Å². The van der Waals surface area contributed by atoms with E-state index < -0.39 is 24.0 Å². The van der Waals surface area contributed by atoms with Gasteiger partial charge in [0.1, 0.15) is 11.2 Å². The molecule has 1 aromatic heterocycles. The van der Waals surface area contributed by atoms with Gasteiger partial charge in [-0.2, -0.15) is 5.26 Å². The summed E-state index contributed by atoms with van der Waals surface area (Å²) in [6.45, 7) is 8.84. The lowest BCUT2D eigenvalue weighted by Gasteiger charge is -2.27. The first-order valence-electron chi connectivity index (χ1n) is 8.15. The van der Waals surface area contributed by atoms with E-state index in [9.17, 15) is 14.9 Å². The fourth-order valence-corrected chi connectivity index (χ4v) is 2.55. The van der Waals surface area contributed by atoms with Crippen molar-refractivity contribution in [3.05, 3.63) is 35.0 Å². The van der Waals surface area contributed by atoms with Gasteiger partial charge in [-0.25, -0.2) is 4.79 Å². The van der Waals surface area contributed by atoms with Gasteiger partial charge in [-0.15, -0.1) is 0 Å². The van der Waals surface area contributed by atoms with Gasteiger partial charge in [-0.05, 0) is 49.9 Å². The van der Waals surface area contributed by atoms with E-state index in [2.05, 4.69) is 16.4 Å². The molecule has 0 saturated carbocycles. The number of aromatic nitrogens is 1. The third-order valence-electron chi connectivity index (χ3n) is 4.43. The van der Waals surface area contributed by atoms with E-state index in [1.165, 1.54) is 0 Å². The van der Waals surface area contributed by atoms with Crippen molar-refractivity contribution in [2.75, 3.05) is 6.61 Å². The number of hydrogen-bond acceptors (Lipinski definition) is 4. The maximum absolute atomic E-state index is 12.2. The number of fused-ring (bicyclic) bond motifs is 1. The molecule has 0 radical (unpaired) electrons. The molecule has 1 aromatic carbocycles. The number of esters is 1. The number of carbonyl (C=O) groups excluding carboxylic acids is 2. The van der Waals surface area contributed by atoms with Crippen LogP contribution in [0.1, 0.15) is 42.4 Å². The second-order valence-electron chi connectivity index (χ2n) is 6.82. The largest absolute Gasteiger partial charge is 0.451 e. The Hall–Kier alpha value is -2.81. The van der Waals surface area contributed by atoms with Gasteiger partial charge in [-0.1, -0.05) is 19.9 Å². The quantitative estimate of drug-likeness (QED) is 0.817. The van der Waals surface area contributed by atoms with Crippen molar-refractivity contribution in [3.63, 3.8) is 0 Å². The molecular weight excluding hydrogens is 318 g/mol. The highest BCUT2D eigenvalue weighted by atomic mass is 16.5. The molecule has 132 valence electrons. The molecule has 2 rings (SSSR count). The summed E-state index contributed by atoms with van der Waals surface area (Å²) in [7, 11) is 0. The topological polar surface area (TPSA) is 95.0 Å². The van der Waals surface area contributed by atoms with E-state index in [0.29, 0.717) is 5.69 Å². The van der Waals surface area contributed by atoms with Crippen molar-refractivity contribution in [1.29, 1.82) is 5.26 Å². The summed E-state index contributed by atoms with van der Waals surface area (Å²) in [5, 5.41) is 12.8. The number of benzene rings is 1. The van der Waals surface area contributed by atoms with Crippen molar-refractivity contribution in [3.8, 4) is 6.07 Å². The van der Waals surface area contributed by atoms with Gasteiger partial charge >= 0.3 is 5.97 Å². The number of aryl methyl sites for hydroxylation is 2. The average molecular weight is 341 g/mol. The summed E-state index contributed by atoms with van der Waals surface area (Å²) in [6.07, 6.45) is 0. The minimum atomic E-state index is -1.00. The lowest BCUT2D eigenvalue weighted by Crippen LogP contribution is -2.50. The smallest absolute Gasteiger partial charge is 0.355 e. The molecular formula is C19H23N3O3. The zero-order chi connectivity index (χ0) is 18.8. The number of hydrogen-bond donors (Lipinski definition) is 2. The van der Waals surface area contributed by atoms with Crippen LogP contribution in [0.4, 0.5) is 0 Å². The summed E-state index contributed by atoms with van der Waals surface area (Å²) in [5.74, 6) is -1.18. The highest BCUT2D eigenvalue weighted by Crippen LogP contribution is 2.22. The molecule has 0 unspecified atom stereocenters. The maximum Gasteiger partial charge on any atom is 0.355 e. The molecule has 1 atom stereocenters. The Balaban J connectivity index is 2.05. The second-order valence-corrected chi connectivity index (χ2v) is 6.82. The zero-order valence-electron chi connectivity index (χ0n) is 15.2. The Labute approximate surface area is 147 Å². The predicted octanol–water partition coefficient (Wildman–Crippen LogP) is 3.00. The summed E-state index contributed by atoms with van der Waals surface area (Å²) < 4.78 is 5.07. The number of aromatic amines is 1. The van der Waals surface area contributed by atoms with Crippen molar-refractivity contribution in [2.24, 2.45) is 5.92 Å². The lowest BCUT2D eigenvalue weighted by molar-refractivity contribution is -0.125. The molecule has 0 bridgehead atoms. The number of rotatable bonds is 5. The Morgan fingerprint density at radius 1 is 1.32 bits per heavy atom. The van der Waals surface area contributed by atoms with Gasteiger partial charge in [0.05, 0.1) is 6.07 Å². The van der Waals surface area contributed by atoms with E-state index >= 15 is 0 Å². The molecule has 0 aliphatic rings. The first-order valence-corrected chi connectivity index (χ1v) is 8.15. The van der Waals surface area contributed by atoms with E-state index in [0.717, 1.165) is 22.0 Å². The second kappa shape index (κ2) is 6.98. The molecule has 0 fully saturated rings. The van der Waals surface area contributed by atoms with Crippen LogP contribution in [0, 0.1) is 31.1 Å². The Morgan fingerprint density at radius 2 is 2.00 bits per heavy atom. The molecule has 6 heteroatoms. The highest BCUT2D eigenvalue weighted by molar-refractivity contribution is 5.97. The highest BCUT2D eigenvalue weighted by Gasteiger charge is 2.30. The number of ether oxygens (including phenoxy) is 1. The van der Waals surface area contributed by atoms with E-state index in [1.807, 2.05) is 39.8 Å². The van der Waals surface area contributed by atoms with E-state index in [-0.39, 0.29) is 5.92 Å². The maximum atomic E-state index is 12.2. The van der Waals surface area contributed by atoms with Crippen LogP contribution in [0.5, 0.6) is 0 Å². The lowest BCUT2D eigenvalue weighted by atomic mass is 9.90. The number of nitrogens with one attached hydrogen (secondary N) is 2. The van der Waals surface area contributed by atoms with Crippen LogP contribution in [0.25, 0.3) is 10.9 Å². The average Bonchev–Trinajstić information content (AvgIpc) is 2.96. The number of nitriles is 1. The van der Waals surface area contributed by atoms with Crippen molar-refractivity contribution < 1.29 is 14.3 Å². The Morgan fingerprint density at radius 3 is 2.60 bits per heavy atom. The molecule has 1 heterocycles. The van der Waals surface area contributed by atoms with Crippen LogP contribution >= 0.6 is 0 Å². The van der Waals surface area contributed by atoms with Gasteiger partial charge in [-0.3, -0.25) is 4.79 Å². The Kier molecular flexibility index (Phi) is 5.17. The summed E-state index contributed by atoms with van der Waals surface area (Å²) in [4.78, 5) is 27.2. The molecule has 25 heavy (non-hydrogen) atoms. The minimum absolute atomic E-state index is 0.0722. The van der Waals surface area contributed by atoms with Crippen LogP contribution in [0.15, 0.2) is 18.2 Å². The monoisotopic (exact) mass is 341 g/mol. The SMILES string of the molecule is Cc1cc(C)c2cc(C(=O)OCC(=O)N[C@](C)(C#N)C(C)C)[nH]c2c1. The van der Waals surface area contributed by atoms with Crippen molar-refractivity contribution in [2.45, 2.75) is 40.2 Å². The van der Waals surface area contributed by atoms with E-state index in [4.69, 9.17) is 4.74 Å². The number of H-pyrrole nitrogens is 1. The Bertz CT molecular complexity index is 861. The van der Waals surface area contributed by atoms with Crippen molar-refractivity contribution >= 4 is 22.8 Å². The molecule has 0 aliphatic heterocycles. The van der Waals surface area contributed by atoms with Crippen molar-refractivity contribution in [1.82, 2.24) is 10.3 Å². The molecule has 6 nitrogen and oxygen atoms in total. The van der Waals surface area contributed by atoms with Crippen LogP contribution in [0.2, 0.25) is 0 Å². The normalized spacial score (nSPS) is 13.3. The first-order chi connectivity index (χ1) is 11.7. The third-order valence-corrected chi connectivity index (χ3v) is 4.43. The summed E-state index contributed by atoms with van der Waals surface area (Å²) in [5.41, 5.74) is 2.30. The minimum Gasteiger partial charge on any atom is -0.451 e. The first kappa shape index (κ1) is 18.5. The van der Waals surface area contributed by atoms with Crippen LogP contribution in [0.3, 0.4) is 0 Å². The third kappa shape index (κ3) is 4.00. The van der Waals surface area contributed by atoms with Gasteiger partial charge in [0.25, 0.3) is 5.91 Å². The molecule has 0 spiro atoms. The fourth-order valence-electron chi connectivity index (χ4n) is 2.55. The van der Waals surface area contributed by atoms with Gasteiger partial charge < -0.3 is 15.0 Å². The number of amides is 1. The molecule has 2 aromatic rings. The van der Waals surface area contributed by atoms with E-state index in [1.54, 1.807) is 13.0 Å². The van der Waals surface area contributed by atoms with Crippen LogP contribution < -0.4 is 5.32 Å². The van der Waals surface area contributed by atoms with Crippen LogP contribution in [-0.2, 0) is 9.53 Å². The van der Waals surface area contributed by atoms with Gasteiger partial charge in [0.15, 0.2) is 6.61 Å². The fraction of sp³-hybridized carbons (Fsp3) is 0.421. The molecule has 0 aliphatic carbocycles. The zero-order valence-corrected chi connectivity index (χ0v) is 15.2. The van der Waals surface area contributed by atoms with Gasteiger partial charge in [0.2, 0.25) is 0 Å². The molecule has 1 amide bonds.